The van der Waals surface area contributed by atoms with E-state index in [1.807, 2.05) is 31.2 Å². The van der Waals surface area contributed by atoms with Crippen molar-refractivity contribution in [3.05, 3.63) is 42.5 Å². The number of esters is 3. The third-order valence-electron chi connectivity index (χ3n) is 4.33. The van der Waals surface area contributed by atoms with E-state index in [9.17, 15) is 14.4 Å². The predicted molar refractivity (Wildman–Crippen MR) is 113 cm³/mol. The molecule has 0 amide bonds. The topological polar surface area (TPSA) is 97.4 Å². The first-order chi connectivity index (χ1) is 14.7. The SMILES string of the molecule is C=CCO[C@@H]1[C@@H](OC(C)=O)[C@H](Sc2ccc(C)cc2)O[C@H](COC(C)=O)[C@H]1OC(C)=O. The molecule has 0 unspecified atom stereocenters. The number of hydrogen-bond acceptors (Lipinski definition) is 9. The van der Waals surface area contributed by atoms with Crippen LogP contribution in [-0.4, -0.2) is 61.0 Å². The number of benzene rings is 1. The van der Waals surface area contributed by atoms with E-state index >= 15 is 0 Å². The maximum Gasteiger partial charge on any atom is 0.303 e. The van der Waals surface area contributed by atoms with E-state index in [2.05, 4.69) is 6.58 Å². The van der Waals surface area contributed by atoms with Crippen molar-refractivity contribution in [2.75, 3.05) is 13.2 Å². The quantitative estimate of drug-likeness (QED) is 0.318. The van der Waals surface area contributed by atoms with Crippen LogP contribution in [-0.2, 0) is 38.1 Å². The largest absolute Gasteiger partial charge is 0.463 e. The highest BCUT2D eigenvalue weighted by Crippen LogP contribution is 2.37. The van der Waals surface area contributed by atoms with Crippen LogP contribution in [0, 0.1) is 6.92 Å². The Morgan fingerprint density at radius 2 is 1.61 bits per heavy atom. The first-order valence-corrected chi connectivity index (χ1v) is 10.7. The predicted octanol–water partition coefficient (Wildman–Crippen LogP) is 2.81. The molecule has 1 saturated heterocycles. The molecule has 0 aliphatic carbocycles. The Kier molecular flexibility index (Phi) is 9.54. The second-order valence-corrected chi connectivity index (χ2v) is 8.18. The summed E-state index contributed by atoms with van der Waals surface area (Å²) in [5.74, 6) is -1.60. The van der Waals surface area contributed by atoms with Crippen LogP contribution in [0.2, 0.25) is 0 Å². The van der Waals surface area contributed by atoms with E-state index in [0.29, 0.717) is 0 Å². The van der Waals surface area contributed by atoms with Gasteiger partial charge in [0.2, 0.25) is 0 Å². The second-order valence-electron chi connectivity index (χ2n) is 7.01. The Labute approximate surface area is 186 Å². The van der Waals surface area contributed by atoms with E-state index < -0.39 is 47.8 Å². The lowest BCUT2D eigenvalue weighted by molar-refractivity contribution is -0.237. The maximum absolute atomic E-state index is 11.9. The minimum Gasteiger partial charge on any atom is -0.463 e. The summed E-state index contributed by atoms with van der Waals surface area (Å²) in [7, 11) is 0. The van der Waals surface area contributed by atoms with Crippen LogP contribution < -0.4 is 0 Å². The molecule has 2 rings (SSSR count). The van der Waals surface area contributed by atoms with Crippen molar-refractivity contribution in [3.8, 4) is 0 Å². The number of aryl methyl sites for hydroxylation is 1. The van der Waals surface area contributed by atoms with Gasteiger partial charge in [0.1, 0.15) is 24.3 Å². The van der Waals surface area contributed by atoms with E-state index in [0.717, 1.165) is 10.5 Å². The third kappa shape index (κ3) is 7.68. The van der Waals surface area contributed by atoms with Gasteiger partial charge >= 0.3 is 17.9 Å². The van der Waals surface area contributed by atoms with Gasteiger partial charge in [-0.25, -0.2) is 0 Å². The molecular weight excluding hydrogens is 424 g/mol. The highest BCUT2D eigenvalue weighted by molar-refractivity contribution is 7.99. The molecule has 1 aromatic rings. The zero-order valence-corrected chi connectivity index (χ0v) is 18.9. The zero-order chi connectivity index (χ0) is 23.0. The minimum atomic E-state index is -0.962. The van der Waals surface area contributed by atoms with E-state index in [4.69, 9.17) is 23.7 Å². The Morgan fingerprint density at radius 3 is 2.16 bits per heavy atom. The lowest BCUT2D eigenvalue weighted by atomic mass is 9.99. The fourth-order valence-corrected chi connectivity index (χ4v) is 4.18. The molecule has 31 heavy (non-hydrogen) atoms. The average molecular weight is 453 g/mol. The average Bonchev–Trinajstić information content (AvgIpc) is 2.69. The van der Waals surface area contributed by atoms with Crippen molar-refractivity contribution >= 4 is 29.7 Å². The molecule has 1 fully saturated rings. The van der Waals surface area contributed by atoms with Gasteiger partial charge in [-0.1, -0.05) is 35.5 Å². The summed E-state index contributed by atoms with van der Waals surface area (Å²) in [6.45, 7) is 9.40. The smallest absolute Gasteiger partial charge is 0.303 e. The highest BCUT2D eigenvalue weighted by Gasteiger charge is 2.51. The number of carbonyl (C=O) groups excluding carboxylic acids is 3. The van der Waals surface area contributed by atoms with Crippen molar-refractivity contribution in [1.29, 1.82) is 0 Å². The Balaban J connectivity index is 2.40. The maximum atomic E-state index is 11.9. The summed E-state index contributed by atoms with van der Waals surface area (Å²) in [6, 6.07) is 7.76. The van der Waals surface area contributed by atoms with Gasteiger partial charge in [-0.15, -0.1) is 6.58 Å². The molecule has 1 aliphatic rings. The fraction of sp³-hybridized carbons (Fsp3) is 0.500. The molecule has 0 radical (unpaired) electrons. The highest BCUT2D eigenvalue weighted by atomic mass is 32.2. The number of thioether (sulfide) groups is 1. The second kappa shape index (κ2) is 11.9. The molecule has 1 aliphatic heterocycles. The minimum absolute atomic E-state index is 0.127. The first-order valence-electron chi connectivity index (χ1n) is 9.80. The Morgan fingerprint density at radius 1 is 1.00 bits per heavy atom. The normalized spacial score (nSPS) is 25.4. The zero-order valence-electron chi connectivity index (χ0n) is 18.1. The molecule has 0 aromatic heterocycles. The van der Waals surface area contributed by atoms with Crippen molar-refractivity contribution in [1.82, 2.24) is 0 Å². The van der Waals surface area contributed by atoms with Gasteiger partial charge in [0.15, 0.2) is 12.2 Å². The van der Waals surface area contributed by atoms with Crippen molar-refractivity contribution in [3.63, 3.8) is 0 Å². The van der Waals surface area contributed by atoms with Gasteiger partial charge in [0.05, 0.1) is 6.61 Å². The van der Waals surface area contributed by atoms with Gasteiger partial charge in [-0.05, 0) is 19.1 Å². The molecule has 0 bridgehead atoms. The summed E-state index contributed by atoms with van der Waals surface area (Å²) in [4.78, 5) is 35.9. The number of ether oxygens (including phenoxy) is 5. The van der Waals surface area contributed by atoms with Gasteiger partial charge < -0.3 is 23.7 Å². The van der Waals surface area contributed by atoms with Gasteiger partial charge in [0.25, 0.3) is 0 Å². The van der Waals surface area contributed by atoms with E-state index in [1.54, 1.807) is 0 Å². The number of rotatable bonds is 9. The molecule has 1 heterocycles. The molecule has 1 aromatic carbocycles. The third-order valence-corrected chi connectivity index (χ3v) is 5.48. The van der Waals surface area contributed by atoms with Crippen LogP contribution >= 0.6 is 11.8 Å². The van der Waals surface area contributed by atoms with Crippen molar-refractivity contribution in [2.24, 2.45) is 0 Å². The van der Waals surface area contributed by atoms with Crippen LogP contribution in [0.1, 0.15) is 26.3 Å². The summed E-state index contributed by atoms with van der Waals surface area (Å²) >= 11 is 1.33. The van der Waals surface area contributed by atoms with Crippen LogP contribution in [0.15, 0.2) is 41.8 Å². The molecular formula is C22H28O8S. The number of carbonyl (C=O) groups is 3. The lowest BCUT2D eigenvalue weighted by Gasteiger charge is -2.44. The van der Waals surface area contributed by atoms with Crippen LogP contribution in [0.5, 0.6) is 0 Å². The molecule has 0 saturated carbocycles. The molecule has 8 nitrogen and oxygen atoms in total. The Hall–Kier alpha value is -2.36. The van der Waals surface area contributed by atoms with E-state index in [-0.39, 0.29) is 13.2 Å². The molecule has 5 atom stereocenters. The summed E-state index contributed by atoms with van der Waals surface area (Å²) in [5, 5.41) is 0. The van der Waals surface area contributed by atoms with Crippen LogP contribution in [0.25, 0.3) is 0 Å². The molecule has 0 spiro atoms. The molecule has 0 N–H and O–H groups in total. The van der Waals surface area contributed by atoms with Crippen molar-refractivity contribution < 1.29 is 38.1 Å². The number of hydrogen-bond donors (Lipinski definition) is 0. The van der Waals surface area contributed by atoms with E-state index in [1.165, 1.54) is 38.6 Å². The van der Waals surface area contributed by atoms with Crippen molar-refractivity contribution in [2.45, 2.75) is 62.4 Å². The molecule has 9 heteroatoms. The monoisotopic (exact) mass is 452 g/mol. The van der Waals surface area contributed by atoms with Crippen LogP contribution in [0.4, 0.5) is 0 Å². The standard InChI is InChI=1S/C22H28O8S/c1-6-11-26-20-19(28-15(4)24)18(12-27-14(3)23)30-22(21(20)29-16(5)25)31-17-9-7-13(2)8-10-17/h6-10,18-22H,1,11-12H2,2-5H3/t18-,19-,20+,21-,22+/m1/s1. The van der Waals surface area contributed by atoms with Gasteiger partial charge in [-0.3, -0.25) is 14.4 Å². The summed E-state index contributed by atoms with van der Waals surface area (Å²) < 4.78 is 28.1. The summed E-state index contributed by atoms with van der Waals surface area (Å²) in [5.41, 5.74) is 0.397. The van der Waals surface area contributed by atoms with Crippen LogP contribution in [0.3, 0.4) is 0 Å². The van der Waals surface area contributed by atoms with Gasteiger partial charge in [-0.2, -0.15) is 0 Å². The summed E-state index contributed by atoms with van der Waals surface area (Å²) in [6.07, 6.45) is -1.99. The van der Waals surface area contributed by atoms with Gasteiger partial charge in [0, 0.05) is 25.7 Å². The molecule has 170 valence electrons. The fourth-order valence-electron chi connectivity index (χ4n) is 3.08. The first kappa shape index (κ1) is 24.9. The Bertz CT molecular complexity index is 778. The lowest BCUT2D eigenvalue weighted by Crippen LogP contribution is -2.61.